The van der Waals surface area contributed by atoms with Crippen LogP contribution in [0.5, 0.6) is 5.75 Å². The van der Waals surface area contributed by atoms with Crippen molar-refractivity contribution in [1.82, 2.24) is 9.97 Å². The number of ether oxygens (including phenoxy) is 1. The second-order valence-electron chi connectivity index (χ2n) is 4.47. The standard InChI is InChI=1S/C13H10ClN3O3/c14-13-15-7-11(17(18)19)12(16-13)8-1-3-9(4-2-8)20-10-5-6-10/h1-4,7,10H,5-6H2. The van der Waals surface area contributed by atoms with Crippen LogP contribution in [0, 0.1) is 10.1 Å². The van der Waals surface area contributed by atoms with Crippen molar-refractivity contribution in [2.75, 3.05) is 0 Å². The van der Waals surface area contributed by atoms with Crippen LogP contribution >= 0.6 is 11.6 Å². The number of nitrogens with zero attached hydrogens (tertiary/aromatic N) is 3. The molecule has 0 saturated heterocycles. The van der Waals surface area contributed by atoms with Gasteiger partial charge in [0.05, 0.1) is 11.0 Å². The maximum atomic E-state index is 11.0. The van der Waals surface area contributed by atoms with Crippen LogP contribution in [0.1, 0.15) is 12.8 Å². The third-order valence-corrected chi connectivity index (χ3v) is 3.07. The molecule has 0 bridgehead atoms. The van der Waals surface area contributed by atoms with Gasteiger partial charge >= 0.3 is 5.69 Å². The third kappa shape index (κ3) is 2.70. The van der Waals surface area contributed by atoms with Crippen LogP contribution in [-0.4, -0.2) is 21.0 Å². The molecule has 2 aromatic rings. The molecular weight excluding hydrogens is 282 g/mol. The van der Waals surface area contributed by atoms with Gasteiger partial charge in [0.1, 0.15) is 11.9 Å². The van der Waals surface area contributed by atoms with E-state index in [1.165, 1.54) is 0 Å². The zero-order valence-electron chi connectivity index (χ0n) is 10.3. The molecule has 1 aliphatic carbocycles. The molecule has 0 spiro atoms. The van der Waals surface area contributed by atoms with E-state index >= 15 is 0 Å². The molecule has 1 aromatic carbocycles. The molecule has 102 valence electrons. The van der Waals surface area contributed by atoms with Crippen LogP contribution in [0.15, 0.2) is 30.5 Å². The van der Waals surface area contributed by atoms with E-state index in [1.807, 2.05) is 0 Å². The van der Waals surface area contributed by atoms with Gasteiger partial charge in [0, 0.05) is 5.56 Å². The van der Waals surface area contributed by atoms with Crippen LogP contribution in [0.3, 0.4) is 0 Å². The maximum absolute atomic E-state index is 11.0. The minimum atomic E-state index is -0.528. The van der Waals surface area contributed by atoms with Crippen LogP contribution < -0.4 is 4.74 Å². The lowest BCUT2D eigenvalue weighted by molar-refractivity contribution is -0.384. The summed E-state index contributed by atoms with van der Waals surface area (Å²) in [4.78, 5) is 18.0. The maximum Gasteiger partial charge on any atom is 0.313 e. The molecular formula is C13H10ClN3O3. The molecule has 0 N–H and O–H groups in total. The smallest absolute Gasteiger partial charge is 0.313 e. The SMILES string of the molecule is O=[N+]([O-])c1cnc(Cl)nc1-c1ccc(OC2CC2)cc1. The van der Waals surface area contributed by atoms with E-state index in [1.54, 1.807) is 24.3 Å². The molecule has 1 aliphatic rings. The molecule has 0 atom stereocenters. The molecule has 1 aromatic heterocycles. The topological polar surface area (TPSA) is 78.2 Å². The lowest BCUT2D eigenvalue weighted by Crippen LogP contribution is -1.98. The summed E-state index contributed by atoms with van der Waals surface area (Å²) in [5.74, 6) is 0.749. The summed E-state index contributed by atoms with van der Waals surface area (Å²) in [6.07, 6.45) is 3.58. The predicted molar refractivity (Wildman–Crippen MR) is 72.8 cm³/mol. The Hall–Kier alpha value is -2.21. The molecule has 0 aliphatic heterocycles. The van der Waals surface area contributed by atoms with Gasteiger partial charge < -0.3 is 4.74 Å². The van der Waals surface area contributed by atoms with E-state index in [4.69, 9.17) is 16.3 Å². The van der Waals surface area contributed by atoms with Gasteiger partial charge in [-0.3, -0.25) is 10.1 Å². The minimum absolute atomic E-state index is 0.0242. The van der Waals surface area contributed by atoms with Gasteiger partial charge in [-0.2, -0.15) is 0 Å². The van der Waals surface area contributed by atoms with Gasteiger partial charge in [0.15, 0.2) is 5.69 Å². The van der Waals surface area contributed by atoms with Gasteiger partial charge in [-0.15, -0.1) is 0 Å². The molecule has 1 heterocycles. The molecule has 1 fully saturated rings. The van der Waals surface area contributed by atoms with Crippen molar-refractivity contribution in [2.24, 2.45) is 0 Å². The van der Waals surface area contributed by atoms with Crippen molar-refractivity contribution in [2.45, 2.75) is 18.9 Å². The average molecular weight is 292 g/mol. The number of halogens is 1. The van der Waals surface area contributed by atoms with E-state index in [2.05, 4.69) is 9.97 Å². The zero-order chi connectivity index (χ0) is 14.1. The van der Waals surface area contributed by atoms with Crippen LogP contribution in [0.2, 0.25) is 5.28 Å². The number of rotatable bonds is 4. The van der Waals surface area contributed by atoms with E-state index in [0.717, 1.165) is 24.8 Å². The lowest BCUT2D eigenvalue weighted by atomic mass is 10.1. The molecule has 1 saturated carbocycles. The van der Waals surface area contributed by atoms with E-state index < -0.39 is 4.92 Å². The van der Waals surface area contributed by atoms with Crippen LogP contribution in [0.4, 0.5) is 5.69 Å². The number of nitro groups is 1. The highest BCUT2D eigenvalue weighted by Gasteiger charge is 2.23. The largest absolute Gasteiger partial charge is 0.490 e. The molecule has 0 radical (unpaired) electrons. The number of benzene rings is 1. The van der Waals surface area contributed by atoms with Crippen molar-refractivity contribution >= 4 is 17.3 Å². The molecule has 20 heavy (non-hydrogen) atoms. The molecule has 6 nitrogen and oxygen atoms in total. The van der Waals surface area contributed by atoms with Crippen LogP contribution in [0.25, 0.3) is 11.3 Å². The average Bonchev–Trinajstić information content (AvgIpc) is 3.23. The first-order chi connectivity index (χ1) is 9.63. The highest BCUT2D eigenvalue weighted by molar-refractivity contribution is 6.28. The van der Waals surface area contributed by atoms with Gasteiger partial charge in [-0.05, 0) is 48.7 Å². The lowest BCUT2D eigenvalue weighted by Gasteiger charge is -2.06. The normalized spacial score (nSPS) is 14.1. The summed E-state index contributed by atoms with van der Waals surface area (Å²) in [7, 11) is 0. The molecule has 0 amide bonds. The fourth-order valence-electron chi connectivity index (χ4n) is 1.77. The van der Waals surface area contributed by atoms with Gasteiger partial charge in [-0.25, -0.2) is 9.97 Å². The number of hydrogen-bond acceptors (Lipinski definition) is 5. The fourth-order valence-corrected chi connectivity index (χ4v) is 1.90. The summed E-state index contributed by atoms with van der Waals surface area (Å²) >= 11 is 5.71. The first-order valence-electron chi connectivity index (χ1n) is 6.07. The predicted octanol–water partition coefficient (Wildman–Crippen LogP) is 3.25. The first-order valence-corrected chi connectivity index (χ1v) is 6.45. The van der Waals surface area contributed by atoms with Crippen molar-refractivity contribution in [3.8, 4) is 17.0 Å². The van der Waals surface area contributed by atoms with Gasteiger partial charge in [-0.1, -0.05) is 0 Å². The Labute approximate surface area is 119 Å². The quantitative estimate of drug-likeness (QED) is 0.491. The summed E-state index contributed by atoms with van der Waals surface area (Å²) in [6, 6.07) is 6.99. The summed E-state index contributed by atoms with van der Waals surface area (Å²) < 4.78 is 5.62. The molecule has 0 unspecified atom stereocenters. The Bertz CT molecular complexity index is 656. The number of hydrogen-bond donors (Lipinski definition) is 0. The van der Waals surface area contributed by atoms with Gasteiger partial charge in [0.25, 0.3) is 0 Å². The van der Waals surface area contributed by atoms with Gasteiger partial charge in [0.2, 0.25) is 5.28 Å². The summed E-state index contributed by atoms with van der Waals surface area (Å²) in [5.41, 5.74) is 0.627. The minimum Gasteiger partial charge on any atom is -0.490 e. The highest BCUT2D eigenvalue weighted by Crippen LogP contribution is 2.31. The number of aromatic nitrogens is 2. The molecule has 3 rings (SSSR count). The van der Waals surface area contributed by atoms with E-state index in [-0.39, 0.29) is 16.7 Å². The Morgan fingerprint density at radius 1 is 1.30 bits per heavy atom. The van der Waals surface area contributed by atoms with Crippen LogP contribution in [-0.2, 0) is 0 Å². The van der Waals surface area contributed by atoms with E-state index in [9.17, 15) is 10.1 Å². The third-order valence-electron chi connectivity index (χ3n) is 2.89. The Kier molecular flexibility index (Phi) is 3.23. The summed E-state index contributed by atoms with van der Waals surface area (Å²) in [5, 5.41) is 11.0. The first kappa shape index (κ1) is 12.8. The highest BCUT2D eigenvalue weighted by atomic mass is 35.5. The van der Waals surface area contributed by atoms with Crippen molar-refractivity contribution in [1.29, 1.82) is 0 Å². The van der Waals surface area contributed by atoms with Crippen molar-refractivity contribution in [3.05, 3.63) is 45.9 Å². The second kappa shape index (κ2) is 5.05. The Morgan fingerprint density at radius 2 is 2.00 bits per heavy atom. The monoisotopic (exact) mass is 291 g/mol. The summed E-state index contributed by atoms with van der Waals surface area (Å²) in [6.45, 7) is 0. The Morgan fingerprint density at radius 3 is 2.60 bits per heavy atom. The fraction of sp³-hybridized carbons (Fsp3) is 0.231. The zero-order valence-corrected chi connectivity index (χ0v) is 11.1. The van der Waals surface area contributed by atoms with Crippen molar-refractivity contribution < 1.29 is 9.66 Å². The second-order valence-corrected chi connectivity index (χ2v) is 4.81. The van der Waals surface area contributed by atoms with Crippen molar-refractivity contribution in [3.63, 3.8) is 0 Å². The molecule has 7 heteroatoms. The Balaban J connectivity index is 1.94. The van der Waals surface area contributed by atoms with E-state index in [0.29, 0.717) is 11.7 Å².